The fraction of sp³-hybridized carbons (Fsp3) is 0.222. The van der Waals surface area contributed by atoms with E-state index in [2.05, 4.69) is 0 Å². The maximum Gasteiger partial charge on any atom is 0.0992 e. The maximum atomic E-state index is 8.79. The van der Waals surface area contributed by atoms with Crippen molar-refractivity contribution in [3.63, 3.8) is 0 Å². The van der Waals surface area contributed by atoms with Crippen molar-refractivity contribution in [2.24, 2.45) is 5.73 Å². The lowest BCUT2D eigenvalue weighted by Crippen LogP contribution is -2.16. The molecule has 0 aliphatic carbocycles. The number of hydrogen-bond donors (Lipinski definition) is 3. The van der Waals surface area contributed by atoms with Gasteiger partial charge in [0.1, 0.15) is 0 Å². The van der Waals surface area contributed by atoms with Crippen LogP contribution >= 0.6 is 0 Å². The van der Waals surface area contributed by atoms with Crippen molar-refractivity contribution in [2.45, 2.75) is 6.04 Å². The number of hydrogen-bond acceptors (Lipinski definition) is 4. The van der Waals surface area contributed by atoms with Crippen LogP contribution in [-0.2, 0) is 0 Å². The molecule has 1 aromatic carbocycles. The van der Waals surface area contributed by atoms with Gasteiger partial charge in [-0.3, -0.25) is 0 Å². The second kappa shape index (κ2) is 3.90. The van der Waals surface area contributed by atoms with E-state index in [4.69, 9.17) is 21.8 Å². The second-order valence-corrected chi connectivity index (χ2v) is 2.74. The minimum atomic E-state index is -0.479. The molecule has 1 atom stereocenters. The summed E-state index contributed by atoms with van der Waals surface area (Å²) in [6.07, 6.45) is 0. The van der Waals surface area contributed by atoms with Crippen molar-refractivity contribution in [3.05, 3.63) is 29.3 Å². The monoisotopic (exact) mass is 177 g/mol. The van der Waals surface area contributed by atoms with Gasteiger partial charge in [0.15, 0.2) is 0 Å². The van der Waals surface area contributed by atoms with Gasteiger partial charge in [0.2, 0.25) is 0 Å². The summed E-state index contributed by atoms with van der Waals surface area (Å²) in [5.41, 5.74) is 12.8. The first-order chi connectivity index (χ1) is 6.19. The molecule has 1 rings (SSSR count). The normalized spacial score (nSPS) is 12.1. The van der Waals surface area contributed by atoms with E-state index in [1.165, 1.54) is 0 Å². The highest BCUT2D eigenvalue weighted by Gasteiger charge is 2.08. The fourth-order valence-electron chi connectivity index (χ4n) is 1.08. The summed E-state index contributed by atoms with van der Waals surface area (Å²) in [5.74, 6) is 0. The second-order valence-electron chi connectivity index (χ2n) is 2.74. The van der Waals surface area contributed by atoms with Crippen molar-refractivity contribution >= 4 is 5.69 Å². The number of nitriles is 1. The molecule has 0 aliphatic heterocycles. The highest BCUT2D eigenvalue weighted by atomic mass is 16.3. The summed E-state index contributed by atoms with van der Waals surface area (Å²) in [7, 11) is 0. The average Bonchev–Trinajstić information content (AvgIpc) is 2.16. The number of nitrogen functional groups attached to an aromatic ring is 1. The molecule has 0 amide bonds. The molecule has 0 aromatic heterocycles. The number of aliphatic hydroxyl groups is 1. The Labute approximate surface area is 76.4 Å². The van der Waals surface area contributed by atoms with E-state index in [9.17, 15) is 0 Å². The van der Waals surface area contributed by atoms with Crippen molar-refractivity contribution in [1.29, 1.82) is 5.26 Å². The lowest BCUT2D eigenvalue weighted by molar-refractivity contribution is 0.268. The Hall–Kier alpha value is -1.57. The number of aliphatic hydroxyl groups excluding tert-OH is 1. The molecular weight excluding hydrogens is 166 g/mol. The lowest BCUT2D eigenvalue weighted by atomic mass is 10.0. The van der Waals surface area contributed by atoms with Crippen LogP contribution in [0.15, 0.2) is 18.2 Å². The van der Waals surface area contributed by atoms with Crippen LogP contribution in [0.25, 0.3) is 0 Å². The van der Waals surface area contributed by atoms with E-state index in [1.54, 1.807) is 18.2 Å². The molecule has 0 unspecified atom stereocenters. The quantitative estimate of drug-likeness (QED) is 0.559. The molecule has 5 N–H and O–H groups in total. The van der Waals surface area contributed by atoms with E-state index in [0.717, 1.165) is 0 Å². The highest BCUT2D eigenvalue weighted by Crippen LogP contribution is 2.19. The minimum Gasteiger partial charge on any atom is -0.398 e. The van der Waals surface area contributed by atoms with Crippen LogP contribution < -0.4 is 11.5 Å². The summed E-state index contributed by atoms with van der Waals surface area (Å²) in [6.45, 7) is -0.157. The number of benzene rings is 1. The Morgan fingerprint density at radius 2 is 2.23 bits per heavy atom. The predicted molar refractivity (Wildman–Crippen MR) is 49.6 cm³/mol. The number of anilines is 1. The van der Waals surface area contributed by atoms with Crippen LogP contribution in [0, 0.1) is 11.3 Å². The molecule has 0 saturated carbocycles. The van der Waals surface area contributed by atoms with Crippen LogP contribution in [0.3, 0.4) is 0 Å². The van der Waals surface area contributed by atoms with Crippen molar-refractivity contribution in [1.82, 2.24) is 0 Å². The van der Waals surface area contributed by atoms with Crippen LogP contribution in [0.1, 0.15) is 17.2 Å². The first-order valence-electron chi connectivity index (χ1n) is 3.85. The Bertz CT molecular complexity index is 343. The van der Waals surface area contributed by atoms with Gasteiger partial charge in [-0.05, 0) is 17.7 Å². The topological polar surface area (TPSA) is 96.1 Å². The molecule has 0 aliphatic rings. The van der Waals surface area contributed by atoms with Gasteiger partial charge in [0.25, 0.3) is 0 Å². The van der Waals surface area contributed by atoms with E-state index < -0.39 is 6.04 Å². The minimum absolute atomic E-state index is 0.157. The van der Waals surface area contributed by atoms with Gasteiger partial charge in [-0.2, -0.15) is 5.26 Å². The highest BCUT2D eigenvalue weighted by molar-refractivity contribution is 5.53. The van der Waals surface area contributed by atoms with Crippen molar-refractivity contribution < 1.29 is 5.11 Å². The zero-order chi connectivity index (χ0) is 9.84. The third kappa shape index (κ3) is 1.96. The van der Waals surface area contributed by atoms with Crippen molar-refractivity contribution in [2.75, 3.05) is 12.3 Å². The van der Waals surface area contributed by atoms with E-state index in [-0.39, 0.29) is 6.61 Å². The van der Waals surface area contributed by atoms with Crippen LogP contribution in [0.2, 0.25) is 0 Å². The molecule has 0 bridgehead atoms. The summed E-state index contributed by atoms with van der Waals surface area (Å²) < 4.78 is 0. The molecule has 0 radical (unpaired) electrons. The van der Waals surface area contributed by atoms with Gasteiger partial charge in [-0.1, -0.05) is 6.07 Å². The third-order valence-electron chi connectivity index (χ3n) is 1.81. The number of nitrogens with zero attached hydrogens (tertiary/aromatic N) is 1. The zero-order valence-electron chi connectivity index (χ0n) is 7.07. The van der Waals surface area contributed by atoms with Crippen molar-refractivity contribution in [3.8, 4) is 6.07 Å². The standard InChI is InChI=1S/C9H11N3O/c10-4-6-1-2-7(8(11)3-6)9(12)5-13/h1-3,9,13H,5,11-12H2/t9-/m1/s1. The van der Waals surface area contributed by atoms with Gasteiger partial charge in [0.05, 0.1) is 24.3 Å². The van der Waals surface area contributed by atoms with Gasteiger partial charge < -0.3 is 16.6 Å². The van der Waals surface area contributed by atoms with Gasteiger partial charge in [-0.15, -0.1) is 0 Å². The molecule has 1 aromatic rings. The van der Waals surface area contributed by atoms with Crippen LogP contribution in [-0.4, -0.2) is 11.7 Å². The number of nitrogens with two attached hydrogens (primary N) is 2. The molecule has 0 fully saturated rings. The lowest BCUT2D eigenvalue weighted by Gasteiger charge is -2.11. The van der Waals surface area contributed by atoms with Gasteiger partial charge in [0, 0.05) is 5.69 Å². The van der Waals surface area contributed by atoms with E-state index >= 15 is 0 Å². The van der Waals surface area contributed by atoms with Crippen LogP contribution in [0.5, 0.6) is 0 Å². The molecular formula is C9H11N3O. The van der Waals surface area contributed by atoms with Gasteiger partial charge in [-0.25, -0.2) is 0 Å². The van der Waals surface area contributed by atoms with E-state index in [0.29, 0.717) is 16.8 Å². The summed E-state index contributed by atoms with van der Waals surface area (Å²) in [4.78, 5) is 0. The predicted octanol–water partition coefficient (Wildman–Crippen LogP) is 0.133. The molecule has 0 heterocycles. The van der Waals surface area contributed by atoms with Crippen LogP contribution in [0.4, 0.5) is 5.69 Å². The Morgan fingerprint density at radius 3 is 2.69 bits per heavy atom. The third-order valence-corrected chi connectivity index (χ3v) is 1.81. The largest absolute Gasteiger partial charge is 0.398 e. The maximum absolute atomic E-state index is 8.79. The Kier molecular flexibility index (Phi) is 2.85. The zero-order valence-corrected chi connectivity index (χ0v) is 7.07. The van der Waals surface area contributed by atoms with Gasteiger partial charge >= 0.3 is 0 Å². The first-order valence-corrected chi connectivity index (χ1v) is 3.85. The molecule has 4 nitrogen and oxygen atoms in total. The smallest absolute Gasteiger partial charge is 0.0992 e. The molecule has 13 heavy (non-hydrogen) atoms. The fourth-order valence-corrected chi connectivity index (χ4v) is 1.08. The summed E-state index contributed by atoms with van der Waals surface area (Å²) >= 11 is 0. The molecule has 0 spiro atoms. The first kappa shape index (κ1) is 9.52. The molecule has 4 heteroatoms. The summed E-state index contributed by atoms with van der Waals surface area (Å²) in [5, 5.41) is 17.4. The van der Waals surface area contributed by atoms with E-state index in [1.807, 2.05) is 6.07 Å². The molecule has 68 valence electrons. The summed E-state index contributed by atoms with van der Waals surface area (Å²) in [6, 6.07) is 6.32. The Morgan fingerprint density at radius 1 is 1.54 bits per heavy atom. The number of rotatable bonds is 2. The average molecular weight is 177 g/mol. The Balaban J connectivity index is 3.07. The molecule has 0 saturated heterocycles. The SMILES string of the molecule is N#Cc1ccc([C@H](N)CO)c(N)c1.